The highest BCUT2D eigenvalue weighted by Crippen LogP contribution is 2.34. The first-order valence-corrected chi connectivity index (χ1v) is 7.29. The predicted molar refractivity (Wildman–Crippen MR) is 58.5 cm³/mol. The van der Waals surface area contributed by atoms with E-state index in [-0.39, 0.29) is 11.2 Å². The first-order valence-electron chi connectivity index (χ1n) is 5.74. The Labute approximate surface area is 95.3 Å². The third-order valence-electron chi connectivity index (χ3n) is 3.39. The molecule has 6 heteroatoms. The molecule has 16 heavy (non-hydrogen) atoms. The molecule has 2 aliphatic carbocycles. The molecule has 92 valence electrons. The van der Waals surface area contributed by atoms with Gasteiger partial charge in [0.05, 0.1) is 5.25 Å². The molecule has 2 N–H and O–H groups in total. The third-order valence-corrected chi connectivity index (χ3v) is 5.32. The molecule has 2 rings (SSSR count). The van der Waals surface area contributed by atoms with Crippen LogP contribution in [0.4, 0.5) is 0 Å². The van der Waals surface area contributed by atoms with Gasteiger partial charge in [-0.1, -0.05) is 12.8 Å². The van der Waals surface area contributed by atoms with E-state index in [0.29, 0.717) is 12.8 Å². The van der Waals surface area contributed by atoms with Crippen molar-refractivity contribution in [2.75, 3.05) is 0 Å². The summed E-state index contributed by atoms with van der Waals surface area (Å²) in [5, 5.41) is 8.58. The van der Waals surface area contributed by atoms with Gasteiger partial charge in [-0.25, -0.2) is 13.1 Å². The average Bonchev–Trinajstić information content (AvgIpc) is 2.87. The monoisotopic (exact) mass is 247 g/mol. The Hall–Kier alpha value is -0.620. The van der Waals surface area contributed by atoms with Gasteiger partial charge in [0.25, 0.3) is 0 Å². The molecule has 0 aromatic rings. The summed E-state index contributed by atoms with van der Waals surface area (Å²) in [6.07, 6.45) is 4.78. The Kier molecular flexibility index (Phi) is 3.21. The van der Waals surface area contributed by atoms with Crippen molar-refractivity contribution < 1.29 is 18.3 Å². The van der Waals surface area contributed by atoms with Crippen LogP contribution < -0.4 is 4.72 Å². The lowest BCUT2D eigenvalue weighted by molar-refractivity contribution is -0.139. The quantitative estimate of drug-likeness (QED) is 0.749. The van der Waals surface area contributed by atoms with E-state index in [4.69, 9.17) is 5.11 Å². The topological polar surface area (TPSA) is 83.5 Å². The van der Waals surface area contributed by atoms with E-state index in [1.165, 1.54) is 0 Å². The van der Waals surface area contributed by atoms with E-state index >= 15 is 0 Å². The maximum atomic E-state index is 11.9. The Balaban J connectivity index is 2.03. The predicted octanol–water partition coefficient (Wildman–Crippen LogP) is 0.712. The largest absolute Gasteiger partial charge is 0.480 e. The summed E-state index contributed by atoms with van der Waals surface area (Å²) in [6, 6.07) is -0.911. The molecule has 2 fully saturated rings. The second kappa shape index (κ2) is 4.33. The van der Waals surface area contributed by atoms with E-state index in [0.717, 1.165) is 25.7 Å². The first-order chi connectivity index (χ1) is 7.50. The van der Waals surface area contributed by atoms with Crippen molar-refractivity contribution in [2.45, 2.75) is 49.8 Å². The molecule has 0 aromatic heterocycles. The minimum atomic E-state index is -3.44. The molecule has 1 unspecified atom stereocenters. The van der Waals surface area contributed by atoms with Gasteiger partial charge < -0.3 is 5.11 Å². The van der Waals surface area contributed by atoms with E-state index in [9.17, 15) is 13.2 Å². The van der Waals surface area contributed by atoms with Crippen LogP contribution in [0.2, 0.25) is 0 Å². The molecular weight excluding hydrogens is 230 g/mol. The molecule has 0 bridgehead atoms. The minimum absolute atomic E-state index is 0.00585. The summed E-state index contributed by atoms with van der Waals surface area (Å²) in [5.74, 6) is -1.06. The van der Waals surface area contributed by atoms with Gasteiger partial charge in [0.2, 0.25) is 10.0 Å². The Morgan fingerprint density at radius 3 is 2.19 bits per heavy atom. The van der Waals surface area contributed by atoms with Gasteiger partial charge in [-0.15, -0.1) is 0 Å². The Morgan fingerprint density at radius 1 is 1.19 bits per heavy atom. The fourth-order valence-corrected chi connectivity index (χ4v) is 4.04. The van der Waals surface area contributed by atoms with Crippen LogP contribution in [0.25, 0.3) is 0 Å². The molecule has 1 atom stereocenters. The molecule has 0 saturated heterocycles. The summed E-state index contributed by atoms with van der Waals surface area (Å²) >= 11 is 0. The summed E-state index contributed by atoms with van der Waals surface area (Å²) in [6.45, 7) is 0. The molecule has 2 saturated carbocycles. The van der Waals surface area contributed by atoms with E-state index in [1.54, 1.807) is 0 Å². The van der Waals surface area contributed by atoms with Crippen LogP contribution in [-0.2, 0) is 14.8 Å². The van der Waals surface area contributed by atoms with Gasteiger partial charge in [0, 0.05) is 0 Å². The molecule has 2 aliphatic rings. The molecule has 0 aliphatic heterocycles. The number of sulfonamides is 1. The summed E-state index contributed by atoms with van der Waals surface area (Å²) in [7, 11) is -3.44. The van der Waals surface area contributed by atoms with Gasteiger partial charge >= 0.3 is 5.97 Å². The van der Waals surface area contributed by atoms with Gasteiger partial charge in [0.15, 0.2) is 0 Å². The van der Waals surface area contributed by atoms with Crippen molar-refractivity contribution >= 4 is 16.0 Å². The van der Waals surface area contributed by atoms with Crippen LogP contribution in [0.5, 0.6) is 0 Å². The Morgan fingerprint density at radius 2 is 1.75 bits per heavy atom. The van der Waals surface area contributed by atoms with Crippen LogP contribution in [0.3, 0.4) is 0 Å². The fraction of sp³-hybridized carbons (Fsp3) is 0.900. The van der Waals surface area contributed by atoms with Crippen molar-refractivity contribution in [3.05, 3.63) is 0 Å². The Bertz CT molecular complexity index is 368. The number of hydrogen-bond donors (Lipinski definition) is 2. The number of carbonyl (C=O) groups is 1. The van der Waals surface area contributed by atoms with E-state index in [2.05, 4.69) is 4.72 Å². The van der Waals surface area contributed by atoms with Crippen LogP contribution in [0.15, 0.2) is 0 Å². The first kappa shape index (κ1) is 11.9. The van der Waals surface area contributed by atoms with Crippen molar-refractivity contribution in [1.29, 1.82) is 0 Å². The summed E-state index contributed by atoms with van der Waals surface area (Å²) in [4.78, 5) is 10.9. The van der Waals surface area contributed by atoms with Gasteiger partial charge in [-0.2, -0.15) is 0 Å². The zero-order valence-corrected chi connectivity index (χ0v) is 9.87. The fourth-order valence-electron chi connectivity index (χ4n) is 2.25. The zero-order chi connectivity index (χ0) is 11.8. The second-order valence-corrected chi connectivity index (χ2v) is 6.72. The van der Waals surface area contributed by atoms with Crippen molar-refractivity contribution in [3.63, 3.8) is 0 Å². The van der Waals surface area contributed by atoms with Crippen molar-refractivity contribution in [1.82, 2.24) is 4.72 Å². The molecule has 5 nitrogen and oxygen atoms in total. The van der Waals surface area contributed by atoms with Crippen LogP contribution >= 0.6 is 0 Å². The number of rotatable bonds is 5. The SMILES string of the molecule is O=C(O)C(NS(=O)(=O)C1CCCC1)C1CC1. The molecule has 0 spiro atoms. The molecular formula is C10H17NO4S. The maximum Gasteiger partial charge on any atom is 0.322 e. The number of aliphatic carboxylic acids is 1. The highest BCUT2D eigenvalue weighted by atomic mass is 32.2. The second-order valence-electron chi connectivity index (χ2n) is 4.72. The van der Waals surface area contributed by atoms with Crippen molar-refractivity contribution in [3.8, 4) is 0 Å². The molecule has 0 amide bonds. The highest BCUT2D eigenvalue weighted by molar-refractivity contribution is 7.90. The van der Waals surface area contributed by atoms with E-state index < -0.39 is 22.0 Å². The highest BCUT2D eigenvalue weighted by Gasteiger charge is 2.41. The standard InChI is InChI=1S/C10H17NO4S/c12-10(13)9(7-5-6-7)11-16(14,15)8-3-1-2-4-8/h7-9,11H,1-6H2,(H,12,13). The smallest absolute Gasteiger partial charge is 0.322 e. The van der Waals surface area contributed by atoms with Gasteiger partial charge in [-0.3, -0.25) is 4.79 Å². The lowest BCUT2D eigenvalue weighted by Crippen LogP contribution is -2.45. The van der Waals surface area contributed by atoms with Crippen LogP contribution in [0.1, 0.15) is 38.5 Å². The maximum absolute atomic E-state index is 11.9. The van der Waals surface area contributed by atoms with Crippen LogP contribution in [-0.4, -0.2) is 30.8 Å². The molecule has 0 aromatic carbocycles. The van der Waals surface area contributed by atoms with E-state index in [1.807, 2.05) is 0 Å². The average molecular weight is 247 g/mol. The normalized spacial score (nSPS) is 24.5. The lowest BCUT2D eigenvalue weighted by Gasteiger charge is -2.17. The third kappa shape index (κ3) is 2.55. The van der Waals surface area contributed by atoms with Crippen LogP contribution in [0, 0.1) is 5.92 Å². The number of nitrogens with one attached hydrogen (secondary N) is 1. The number of carboxylic acids is 1. The van der Waals surface area contributed by atoms with Crippen molar-refractivity contribution in [2.24, 2.45) is 5.92 Å². The van der Waals surface area contributed by atoms with Gasteiger partial charge in [0.1, 0.15) is 6.04 Å². The molecule has 0 heterocycles. The molecule has 0 radical (unpaired) electrons. The number of hydrogen-bond acceptors (Lipinski definition) is 3. The summed E-state index contributed by atoms with van der Waals surface area (Å²) < 4.78 is 26.2. The van der Waals surface area contributed by atoms with Gasteiger partial charge in [-0.05, 0) is 31.6 Å². The minimum Gasteiger partial charge on any atom is -0.480 e. The zero-order valence-electron chi connectivity index (χ0n) is 9.05. The lowest BCUT2D eigenvalue weighted by atomic mass is 10.2. The summed E-state index contributed by atoms with van der Waals surface area (Å²) in [5.41, 5.74) is 0. The number of carboxylic acid groups (broad SMARTS) is 1.